The van der Waals surface area contributed by atoms with Crippen molar-refractivity contribution in [2.45, 2.75) is 12.8 Å². The van der Waals surface area contributed by atoms with Gasteiger partial charge in [-0.1, -0.05) is 17.7 Å². The van der Waals surface area contributed by atoms with E-state index in [1.54, 1.807) is 12.1 Å². The molecule has 0 atom stereocenters. The fraction of sp³-hybridized carbons (Fsp3) is 0.400. The Kier molecular flexibility index (Phi) is 3.99. The first-order chi connectivity index (χ1) is 6.88. The minimum atomic E-state index is -2.88. The van der Waals surface area contributed by atoms with E-state index in [1.165, 1.54) is 6.26 Å². The summed E-state index contributed by atoms with van der Waals surface area (Å²) in [6.07, 6.45) is 2.48. The topological polar surface area (TPSA) is 60.2 Å². The largest absolute Gasteiger partial charge is 0.399 e. The first-order valence-corrected chi connectivity index (χ1v) is 7.04. The molecular weight excluding hydrogens is 234 g/mol. The SMILES string of the molecule is CS(=O)(=O)CCCc1ccc(N)cc1Cl. The Balaban J connectivity index is 2.59. The minimum absolute atomic E-state index is 0.188. The lowest BCUT2D eigenvalue weighted by Crippen LogP contribution is -2.04. The van der Waals surface area contributed by atoms with E-state index in [-0.39, 0.29) is 5.75 Å². The molecule has 15 heavy (non-hydrogen) atoms. The van der Waals surface area contributed by atoms with Crippen LogP contribution in [-0.2, 0) is 16.3 Å². The monoisotopic (exact) mass is 247 g/mol. The molecule has 0 bridgehead atoms. The molecule has 0 fully saturated rings. The van der Waals surface area contributed by atoms with E-state index >= 15 is 0 Å². The van der Waals surface area contributed by atoms with Crippen molar-refractivity contribution in [2.24, 2.45) is 0 Å². The van der Waals surface area contributed by atoms with Crippen molar-refractivity contribution >= 4 is 27.1 Å². The summed E-state index contributed by atoms with van der Waals surface area (Å²) in [6.45, 7) is 0. The highest BCUT2D eigenvalue weighted by atomic mass is 35.5. The number of aryl methyl sites for hydroxylation is 1. The lowest BCUT2D eigenvalue weighted by atomic mass is 10.1. The van der Waals surface area contributed by atoms with Crippen molar-refractivity contribution in [1.82, 2.24) is 0 Å². The normalized spacial score (nSPS) is 11.6. The van der Waals surface area contributed by atoms with Crippen LogP contribution in [0.3, 0.4) is 0 Å². The maximum absolute atomic E-state index is 10.9. The van der Waals surface area contributed by atoms with Gasteiger partial charge >= 0.3 is 0 Å². The van der Waals surface area contributed by atoms with E-state index in [2.05, 4.69) is 0 Å². The second kappa shape index (κ2) is 4.86. The van der Waals surface area contributed by atoms with Gasteiger partial charge in [-0.15, -0.1) is 0 Å². The molecule has 0 amide bonds. The molecule has 0 aliphatic rings. The number of hydrogen-bond acceptors (Lipinski definition) is 3. The molecule has 0 saturated carbocycles. The van der Waals surface area contributed by atoms with Crippen LogP contribution in [-0.4, -0.2) is 20.4 Å². The van der Waals surface area contributed by atoms with Crippen molar-refractivity contribution in [3.63, 3.8) is 0 Å². The fourth-order valence-electron chi connectivity index (χ4n) is 1.29. The number of halogens is 1. The molecule has 0 saturated heterocycles. The summed E-state index contributed by atoms with van der Waals surface area (Å²) >= 11 is 5.95. The third-order valence-electron chi connectivity index (χ3n) is 2.04. The summed E-state index contributed by atoms with van der Waals surface area (Å²) in [6, 6.07) is 5.28. The second-order valence-electron chi connectivity index (χ2n) is 3.58. The van der Waals surface area contributed by atoms with Gasteiger partial charge in [-0.2, -0.15) is 0 Å². The Hall–Kier alpha value is -0.740. The molecule has 5 heteroatoms. The molecule has 0 unspecified atom stereocenters. The van der Waals surface area contributed by atoms with Crippen LogP contribution in [0.5, 0.6) is 0 Å². The van der Waals surface area contributed by atoms with E-state index < -0.39 is 9.84 Å². The highest BCUT2D eigenvalue weighted by Gasteiger charge is 2.04. The number of hydrogen-bond donors (Lipinski definition) is 1. The summed E-state index contributed by atoms with van der Waals surface area (Å²) in [4.78, 5) is 0. The van der Waals surface area contributed by atoms with Crippen LogP contribution < -0.4 is 5.73 Å². The van der Waals surface area contributed by atoms with Crippen LogP contribution in [0.1, 0.15) is 12.0 Å². The average Bonchev–Trinajstić information content (AvgIpc) is 2.07. The molecular formula is C10H14ClNO2S. The molecule has 1 aromatic carbocycles. The first-order valence-electron chi connectivity index (χ1n) is 4.60. The van der Waals surface area contributed by atoms with Crippen molar-refractivity contribution in [1.29, 1.82) is 0 Å². The Labute approximate surface area is 95.2 Å². The van der Waals surface area contributed by atoms with Crippen LogP contribution in [0.4, 0.5) is 5.69 Å². The van der Waals surface area contributed by atoms with Crippen LogP contribution >= 0.6 is 11.6 Å². The maximum atomic E-state index is 10.9. The molecule has 84 valence electrons. The predicted molar refractivity (Wildman–Crippen MR) is 63.9 cm³/mol. The average molecular weight is 248 g/mol. The van der Waals surface area contributed by atoms with Crippen molar-refractivity contribution < 1.29 is 8.42 Å². The molecule has 2 N–H and O–H groups in total. The Morgan fingerprint density at radius 3 is 2.60 bits per heavy atom. The van der Waals surface area contributed by atoms with Crippen LogP contribution in [0, 0.1) is 0 Å². The maximum Gasteiger partial charge on any atom is 0.147 e. The summed E-state index contributed by atoms with van der Waals surface area (Å²) in [5.74, 6) is 0.188. The molecule has 0 heterocycles. The van der Waals surface area contributed by atoms with Crippen LogP contribution in [0.25, 0.3) is 0 Å². The number of benzene rings is 1. The van der Waals surface area contributed by atoms with Crippen molar-refractivity contribution in [3.05, 3.63) is 28.8 Å². The highest BCUT2D eigenvalue weighted by Crippen LogP contribution is 2.20. The zero-order valence-corrected chi connectivity index (χ0v) is 10.1. The summed E-state index contributed by atoms with van der Waals surface area (Å²) in [7, 11) is -2.88. The molecule has 1 rings (SSSR count). The number of anilines is 1. The molecule has 1 aromatic rings. The number of rotatable bonds is 4. The summed E-state index contributed by atoms with van der Waals surface area (Å²) in [5.41, 5.74) is 7.10. The predicted octanol–water partition coefficient (Wildman–Crippen LogP) is 1.90. The quantitative estimate of drug-likeness (QED) is 0.827. The van der Waals surface area contributed by atoms with Gasteiger partial charge in [0.05, 0.1) is 5.75 Å². The van der Waals surface area contributed by atoms with E-state index in [1.807, 2.05) is 6.07 Å². The number of sulfone groups is 1. The third-order valence-corrected chi connectivity index (χ3v) is 3.42. The van der Waals surface area contributed by atoms with E-state index in [9.17, 15) is 8.42 Å². The van der Waals surface area contributed by atoms with E-state index in [0.29, 0.717) is 23.6 Å². The standard InChI is InChI=1S/C10H14ClNO2S/c1-15(13,14)6-2-3-8-4-5-9(12)7-10(8)11/h4-5,7H,2-3,6,12H2,1H3. The van der Waals surface area contributed by atoms with Gasteiger partial charge in [-0.25, -0.2) is 8.42 Å². The lowest BCUT2D eigenvalue weighted by Gasteiger charge is -2.04. The summed E-state index contributed by atoms with van der Waals surface area (Å²) in [5, 5.41) is 0.600. The van der Waals surface area contributed by atoms with Crippen molar-refractivity contribution in [3.8, 4) is 0 Å². The molecule has 3 nitrogen and oxygen atoms in total. The first kappa shape index (κ1) is 12.3. The lowest BCUT2D eigenvalue weighted by molar-refractivity contribution is 0.599. The minimum Gasteiger partial charge on any atom is -0.399 e. The zero-order chi connectivity index (χ0) is 11.5. The van der Waals surface area contributed by atoms with Crippen LogP contribution in [0.15, 0.2) is 18.2 Å². The van der Waals surface area contributed by atoms with Gasteiger partial charge in [-0.3, -0.25) is 0 Å². The van der Waals surface area contributed by atoms with Gasteiger partial charge in [0, 0.05) is 17.0 Å². The van der Waals surface area contributed by atoms with E-state index in [0.717, 1.165) is 5.56 Å². The molecule has 0 aromatic heterocycles. The fourth-order valence-corrected chi connectivity index (χ4v) is 2.24. The molecule has 0 radical (unpaired) electrons. The Bertz CT molecular complexity index is 443. The van der Waals surface area contributed by atoms with Gasteiger partial charge in [0.25, 0.3) is 0 Å². The molecule has 0 spiro atoms. The molecule has 0 aliphatic carbocycles. The third kappa shape index (κ3) is 4.53. The van der Waals surface area contributed by atoms with Crippen LogP contribution in [0.2, 0.25) is 5.02 Å². The Morgan fingerprint density at radius 2 is 2.07 bits per heavy atom. The van der Waals surface area contributed by atoms with Gasteiger partial charge in [-0.05, 0) is 30.5 Å². The summed E-state index contributed by atoms with van der Waals surface area (Å²) < 4.78 is 21.8. The van der Waals surface area contributed by atoms with Gasteiger partial charge in [0.15, 0.2) is 0 Å². The second-order valence-corrected chi connectivity index (χ2v) is 6.25. The van der Waals surface area contributed by atoms with Gasteiger partial charge in [0.2, 0.25) is 0 Å². The number of nitrogen functional groups attached to an aromatic ring is 1. The Morgan fingerprint density at radius 1 is 1.40 bits per heavy atom. The smallest absolute Gasteiger partial charge is 0.147 e. The highest BCUT2D eigenvalue weighted by molar-refractivity contribution is 7.90. The number of nitrogens with two attached hydrogens (primary N) is 1. The van der Waals surface area contributed by atoms with Gasteiger partial charge < -0.3 is 5.73 Å². The van der Waals surface area contributed by atoms with Crippen molar-refractivity contribution in [2.75, 3.05) is 17.7 Å². The zero-order valence-electron chi connectivity index (χ0n) is 8.53. The van der Waals surface area contributed by atoms with Gasteiger partial charge in [0.1, 0.15) is 9.84 Å². The van der Waals surface area contributed by atoms with E-state index in [4.69, 9.17) is 17.3 Å². The molecule has 0 aliphatic heterocycles.